The Morgan fingerprint density at radius 2 is 1.90 bits per heavy atom. The van der Waals surface area contributed by atoms with Crippen LogP contribution in [0.4, 0.5) is 5.69 Å². The van der Waals surface area contributed by atoms with E-state index in [4.69, 9.17) is 4.74 Å². The first-order chi connectivity index (χ1) is 14.0. The Balaban J connectivity index is 2.36. The molecule has 1 unspecified atom stereocenters. The van der Waals surface area contributed by atoms with Gasteiger partial charge >= 0.3 is 5.97 Å². The van der Waals surface area contributed by atoms with E-state index < -0.39 is 22.8 Å². The topological polar surface area (TPSA) is 112 Å². The molecule has 2 rings (SSSR count). The number of ketones is 1. The lowest BCUT2D eigenvalue weighted by Crippen LogP contribution is -2.40. The minimum Gasteiger partial charge on any atom is -0.461 e. The number of nitro benzene ring substituents is 1. The van der Waals surface area contributed by atoms with E-state index in [1.807, 2.05) is 0 Å². The highest BCUT2D eigenvalue weighted by molar-refractivity contribution is 6.07. The van der Waals surface area contributed by atoms with E-state index >= 15 is 0 Å². The van der Waals surface area contributed by atoms with Gasteiger partial charge in [-0.3, -0.25) is 19.7 Å². The second kappa shape index (κ2) is 8.89. The fourth-order valence-corrected chi connectivity index (χ4v) is 3.35. The van der Waals surface area contributed by atoms with Crippen LogP contribution >= 0.6 is 0 Å². The minimum atomic E-state index is -0.855. The van der Waals surface area contributed by atoms with Gasteiger partial charge in [-0.2, -0.15) is 0 Å². The number of carbonyl (C=O) groups is 3. The third-order valence-corrected chi connectivity index (χ3v) is 5.23. The molecule has 1 amide bonds. The van der Waals surface area contributed by atoms with Crippen LogP contribution < -0.4 is 0 Å². The SMILES string of the molecule is CCOC(=O)c1c(C)c(C(=O)C(C)N(C)C(=O)c2cccc([N+](=O)[O-])c2)c(C)n1C. The van der Waals surface area contributed by atoms with Crippen LogP contribution in [0.2, 0.25) is 0 Å². The number of non-ortho nitro benzene ring substituents is 1. The molecule has 1 atom stereocenters. The first-order valence-electron chi connectivity index (χ1n) is 9.41. The van der Waals surface area contributed by atoms with Gasteiger partial charge in [0.1, 0.15) is 5.69 Å². The molecule has 0 aliphatic heterocycles. The maximum atomic E-state index is 13.2. The van der Waals surface area contributed by atoms with E-state index in [-0.39, 0.29) is 29.3 Å². The Morgan fingerprint density at radius 1 is 1.27 bits per heavy atom. The van der Waals surface area contributed by atoms with E-state index in [1.54, 1.807) is 39.3 Å². The molecule has 1 aromatic carbocycles. The van der Waals surface area contributed by atoms with Gasteiger partial charge in [0, 0.05) is 43.0 Å². The molecule has 1 heterocycles. The smallest absolute Gasteiger partial charge is 0.355 e. The summed E-state index contributed by atoms with van der Waals surface area (Å²) >= 11 is 0. The van der Waals surface area contributed by atoms with Crippen LogP contribution in [0, 0.1) is 24.0 Å². The second-order valence-corrected chi connectivity index (χ2v) is 6.98. The number of carbonyl (C=O) groups excluding carboxylic acids is 3. The number of esters is 1. The van der Waals surface area contributed by atoms with Gasteiger partial charge in [0.05, 0.1) is 17.6 Å². The standard InChI is InChI=1S/C21H25N3O6/c1-7-30-21(27)18-12(2)17(13(3)22(18)5)19(25)14(4)23(6)20(26)15-9-8-10-16(11-15)24(28)29/h8-11,14H,7H2,1-6H3. The summed E-state index contributed by atoms with van der Waals surface area (Å²) in [7, 11) is 3.14. The normalized spacial score (nSPS) is 11.7. The van der Waals surface area contributed by atoms with Gasteiger partial charge < -0.3 is 14.2 Å². The number of benzene rings is 1. The second-order valence-electron chi connectivity index (χ2n) is 6.98. The lowest BCUT2D eigenvalue weighted by Gasteiger charge is -2.24. The van der Waals surface area contributed by atoms with Crippen LogP contribution in [0.5, 0.6) is 0 Å². The highest BCUT2D eigenvalue weighted by atomic mass is 16.6. The van der Waals surface area contributed by atoms with E-state index in [0.29, 0.717) is 16.8 Å². The molecule has 0 aliphatic carbocycles. The predicted molar refractivity (Wildman–Crippen MR) is 110 cm³/mol. The van der Waals surface area contributed by atoms with Gasteiger partial charge in [0.25, 0.3) is 11.6 Å². The fourth-order valence-electron chi connectivity index (χ4n) is 3.35. The quantitative estimate of drug-likeness (QED) is 0.297. The molecule has 9 nitrogen and oxygen atoms in total. The first kappa shape index (κ1) is 22.8. The predicted octanol–water partition coefficient (Wildman–Crippen LogP) is 3.07. The molecular formula is C21H25N3O6. The van der Waals surface area contributed by atoms with Crippen LogP contribution in [-0.2, 0) is 11.8 Å². The van der Waals surface area contributed by atoms with Crippen molar-refractivity contribution in [2.75, 3.05) is 13.7 Å². The number of nitrogens with zero attached hydrogens (tertiary/aromatic N) is 3. The van der Waals surface area contributed by atoms with Gasteiger partial charge in [0.15, 0.2) is 5.78 Å². The van der Waals surface area contributed by atoms with Crippen molar-refractivity contribution in [3.05, 3.63) is 62.5 Å². The first-order valence-corrected chi connectivity index (χ1v) is 9.41. The molecule has 2 aromatic rings. The Kier molecular flexibility index (Phi) is 6.76. The molecular weight excluding hydrogens is 390 g/mol. The maximum Gasteiger partial charge on any atom is 0.355 e. The van der Waals surface area contributed by atoms with Gasteiger partial charge in [-0.1, -0.05) is 6.07 Å². The zero-order chi connectivity index (χ0) is 22.7. The van der Waals surface area contributed by atoms with Crippen LogP contribution in [0.25, 0.3) is 0 Å². The summed E-state index contributed by atoms with van der Waals surface area (Å²) in [5, 5.41) is 11.0. The van der Waals surface area contributed by atoms with Crippen molar-refractivity contribution in [3.63, 3.8) is 0 Å². The van der Waals surface area contributed by atoms with Crippen LogP contribution in [-0.4, -0.2) is 51.7 Å². The highest BCUT2D eigenvalue weighted by Crippen LogP contribution is 2.25. The number of Topliss-reactive ketones (excluding diaryl/α,β-unsaturated/α-hetero) is 1. The van der Waals surface area contributed by atoms with E-state index in [2.05, 4.69) is 0 Å². The highest BCUT2D eigenvalue weighted by Gasteiger charge is 2.31. The summed E-state index contributed by atoms with van der Waals surface area (Å²) < 4.78 is 6.69. The lowest BCUT2D eigenvalue weighted by molar-refractivity contribution is -0.384. The number of likely N-dealkylation sites (N-methyl/N-ethyl adjacent to an activating group) is 1. The molecule has 0 fully saturated rings. The summed E-state index contributed by atoms with van der Waals surface area (Å²) in [6, 6.07) is 4.49. The molecule has 0 bridgehead atoms. The number of amides is 1. The minimum absolute atomic E-state index is 0.111. The van der Waals surface area contributed by atoms with Crippen LogP contribution in [0.3, 0.4) is 0 Å². The average molecular weight is 415 g/mol. The van der Waals surface area contributed by atoms with Gasteiger partial charge in [-0.05, 0) is 39.3 Å². The zero-order valence-electron chi connectivity index (χ0n) is 17.9. The van der Waals surface area contributed by atoms with Crippen molar-refractivity contribution in [2.24, 2.45) is 7.05 Å². The molecule has 0 saturated heterocycles. The number of rotatable bonds is 7. The Bertz CT molecular complexity index is 1020. The molecule has 0 spiro atoms. The van der Waals surface area contributed by atoms with E-state index in [1.165, 1.54) is 36.2 Å². The van der Waals surface area contributed by atoms with Crippen molar-refractivity contribution in [3.8, 4) is 0 Å². The van der Waals surface area contributed by atoms with E-state index in [0.717, 1.165) is 0 Å². The monoisotopic (exact) mass is 415 g/mol. The molecule has 1 aromatic heterocycles. The zero-order valence-corrected chi connectivity index (χ0v) is 17.9. The molecule has 0 saturated carbocycles. The number of hydrogen-bond acceptors (Lipinski definition) is 6. The van der Waals surface area contributed by atoms with Crippen molar-refractivity contribution in [1.82, 2.24) is 9.47 Å². The van der Waals surface area contributed by atoms with E-state index in [9.17, 15) is 24.5 Å². The number of nitro groups is 1. The van der Waals surface area contributed by atoms with Gasteiger partial charge in [-0.15, -0.1) is 0 Å². The van der Waals surface area contributed by atoms with Crippen molar-refractivity contribution in [1.29, 1.82) is 0 Å². The molecule has 0 N–H and O–H groups in total. The molecule has 0 aliphatic rings. The van der Waals surface area contributed by atoms with Gasteiger partial charge in [-0.25, -0.2) is 4.79 Å². The summed E-state index contributed by atoms with van der Waals surface area (Å²) in [5.74, 6) is -1.37. The number of ether oxygens (including phenoxy) is 1. The lowest BCUT2D eigenvalue weighted by atomic mass is 9.99. The summed E-state index contributed by atoms with van der Waals surface area (Å²) in [5.41, 5.74) is 1.62. The maximum absolute atomic E-state index is 13.2. The third-order valence-electron chi connectivity index (χ3n) is 5.23. The van der Waals surface area contributed by atoms with Gasteiger partial charge in [0.2, 0.25) is 0 Å². The molecule has 9 heteroatoms. The summed E-state index contributed by atoms with van der Waals surface area (Å²) in [6.45, 7) is 6.88. The van der Waals surface area contributed by atoms with Crippen LogP contribution in [0.15, 0.2) is 24.3 Å². The van der Waals surface area contributed by atoms with Crippen molar-refractivity contribution >= 4 is 23.3 Å². The number of aromatic nitrogens is 1. The Labute approximate surface area is 174 Å². The van der Waals surface area contributed by atoms with Crippen LogP contribution in [0.1, 0.15) is 56.3 Å². The largest absolute Gasteiger partial charge is 0.461 e. The summed E-state index contributed by atoms with van der Waals surface area (Å²) in [6.07, 6.45) is 0. The van der Waals surface area contributed by atoms with Crippen molar-refractivity contribution < 1.29 is 24.0 Å². The average Bonchev–Trinajstić information content (AvgIpc) is 2.94. The Morgan fingerprint density at radius 3 is 2.47 bits per heavy atom. The summed E-state index contributed by atoms with van der Waals surface area (Å²) in [4.78, 5) is 49.9. The fraction of sp³-hybridized carbons (Fsp3) is 0.381. The molecule has 160 valence electrons. The number of hydrogen-bond donors (Lipinski definition) is 0. The third kappa shape index (κ3) is 4.10. The van der Waals surface area contributed by atoms with Crippen molar-refractivity contribution in [2.45, 2.75) is 33.7 Å². The molecule has 30 heavy (non-hydrogen) atoms. The Hall–Kier alpha value is -3.49. The molecule has 0 radical (unpaired) electrons.